The number of aliphatic hydroxyl groups is 1. The Balaban J connectivity index is 1.93. The molecule has 0 amide bonds. The first-order chi connectivity index (χ1) is 8.19. The lowest BCUT2D eigenvalue weighted by molar-refractivity contribution is 0.0257. The second kappa shape index (κ2) is 5.33. The summed E-state index contributed by atoms with van der Waals surface area (Å²) in [5.74, 6) is 0.387. The minimum atomic E-state index is -0.293. The topological polar surface area (TPSA) is 68.9 Å². The standard InChI is InChI=1S/C12H16O5/c1-8-2-3-9(17-8)6-16-12-7-15-10(5-13)4-11(12)14/h4,7-9,13H,2-3,5-6H2,1H3. The van der Waals surface area contributed by atoms with Crippen LogP contribution in [0.25, 0.3) is 0 Å². The Labute approximate surface area is 99.0 Å². The molecule has 0 aliphatic carbocycles. The average molecular weight is 240 g/mol. The molecule has 2 rings (SSSR count). The molecule has 1 aromatic heterocycles. The Hall–Kier alpha value is -1.33. The van der Waals surface area contributed by atoms with E-state index in [1.54, 1.807) is 0 Å². The lowest BCUT2D eigenvalue weighted by Crippen LogP contribution is -2.20. The van der Waals surface area contributed by atoms with Crippen LogP contribution >= 0.6 is 0 Å². The van der Waals surface area contributed by atoms with Crippen molar-refractivity contribution in [1.82, 2.24) is 0 Å². The molecule has 1 aromatic rings. The molecule has 2 atom stereocenters. The smallest absolute Gasteiger partial charge is 0.227 e. The summed E-state index contributed by atoms with van der Waals surface area (Å²) in [5.41, 5.74) is -0.286. The SMILES string of the molecule is CC1CCC(COc2coc(CO)cc2=O)O1. The summed E-state index contributed by atoms with van der Waals surface area (Å²) >= 11 is 0. The van der Waals surface area contributed by atoms with Gasteiger partial charge in [0.1, 0.15) is 25.2 Å². The van der Waals surface area contributed by atoms with Gasteiger partial charge >= 0.3 is 0 Å². The van der Waals surface area contributed by atoms with Crippen LogP contribution in [0.3, 0.4) is 0 Å². The second-order valence-electron chi connectivity index (χ2n) is 4.19. The van der Waals surface area contributed by atoms with E-state index in [0.717, 1.165) is 12.8 Å². The van der Waals surface area contributed by atoms with Crippen molar-refractivity contribution in [2.24, 2.45) is 0 Å². The maximum atomic E-state index is 11.5. The number of ether oxygens (including phenoxy) is 2. The van der Waals surface area contributed by atoms with Crippen LogP contribution in [0.2, 0.25) is 0 Å². The van der Waals surface area contributed by atoms with Gasteiger partial charge in [-0.2, -0.15) is 0 Å². The molecule has 17 heavy (non-hydrogen) atoms. The first-order valence-corrected chi connectivity index (χ1v) is 5.70. The Morgan fingerprint density at radius 2 is 2.35 bits per heavy atom. The summed E-state index contributed by atoms with van der Waals surface area (Å²) in [4.78, 5) is 11.5. The molecule has 1 N–H and O–H groups in total. The minimum Gasteiger partial charge on any atom is -0.484 e. The molecule has 1 fully saturated rings. The number of hydrogen-bond acceptors (Lipinski definition) is 5. The summed E-state index contributed by atoms with van der Waals surface area (Å²) in [5, 5.41) is 8.79. The van der Waals surface area contributed by atoms with Gasteiger partial charge in [0.05, 0.1) is 12.2 Å². The van der Waals surface area contributed by atoms with Crippen molar-refractivity contribution >= 4 is 0 Å². The van der Waals surface area contributed by atoms with Crippen LogP contribution in [0.1, 0.15) is 25.5 Å². The highest BCUT2D eigenvalue weighted by Crippen LogP contribution is 2.19. The molecular weight excluding hydrogens is 224 g/mol. The average Bonchev–Trinajstić information content (AvgIpc) is 2.73. The molecule has 0 spiro atoms. The second-order valence-corrected chi connectivity index (χ2v) is 4.19. The third kappa shape index (κ3) is 3.08. The molecule has 2 heterocycles. The van der Waals surface area contributed by atoms with Crippen molar-refractivity contribution in [2.45, 2.75) is 38.6 Å². The summed E-state index contributed by atoms with van der Waals surface area (Å²) in [7, 11) is 0. The fourth-order valence-electron chi connectivity index (χ4n) is 1.82. The van der Waals surface area contributed by atoms with Crippen molar-refractivity contribution < 1.29 is 19.0 Å². The van der Waals surface area contributed by atoms with Crippen LogP contribution in [-0.2, 0) is 11.3 Å². The zero-order valence-electron chi connectivity index (χ0n) is 9.72. The zero-order valence-corrected chi connectivity index (χ0v) is 9.72. The third-order valence-electron chi connectivity index (χ3n) is 2.75. The van der Waals surface area contributed by atoms with E-state index in [0.29, 0.717) is 6.61 Å². The molecule has 94 valence electrons. The first-order valence-electron chi connectivity index (χ1n) is 5.70. The number of rotatable bonds is 4. The molecular formula is C12H16O5. The van der Waals surface area contributed by atoms with Gasteiger partial charge in [0.25, 0.3) is 0 Å². The van der Waals surface area contributed by atoms with E-state index in [-0.39, 0.29) is 35.8 Å². The lowest BCUT2D eigenvalue weighted by Gasteiger charge is -2.11. The van der Waals surface area contributed by atoms with E-state index < -0.39 is 0 Å². The lowest BCUT2D eigenvalue weighted by atomic mass is 10.2. The highest BCUT2D eigenvalue weighted by atomic mass is 16.5. The summed E-state index contributed by atoms with van der Waals surface area (Å²) < 4.78 is 15.9. The van der Waals surface area contributed by atoms with Gasteiger partial charge in [-0.25, -0.2) is 0 Å². The van der Waals surface area contributed by atoms with Crippen LogP contribution in [0.15, 0.2) is 21.5 Å². The van der Waals surface area contributed by atoms with Crippen LogP contribution in [0.4, 0.5) is 0 Å². The predicted octanol–water partition coefficient (Wildman–Crippen LogP) is 1.08. The van der Waals surface area contributed by atoms with Gasteiger partial charge in [0.15, 0.2) is 0 Å². The van der Waals surface area contributed by atoms with E-state index in [4.69, 9.17) is 19.0 Å². The van der Waals surface area contributed by atoms with Gasteiger partial charge in [-0.1, -0.05) is 0 Å². The summed E-state index contributed by atoms with van der Waals surface area (Å²) in [6, 6.07) is 1.23. The zero-order chi connectivity index (χ0) is 12.3. The van der Waals surface area contributed by atoms with Crippen LogP contribution < -0.4 is 10.2 Å². The van der Waals surface area contributed by atoms with E-state index >= 15 is 0 Å². The molecule has 0 saturated carbocycles. The van der Waals surface area contributed by atoms with E-state index in [1.807, 2.05) is 6.92 Å². The molecule has 1 saturated heterocycles. The molecule has 0 radical (unpaired) electrons. The van der Waals surface area contributed by atoms with E-state index in [2.05, 4.69) is 0 Å². The van der Waals surface area contributed by atoms with E-state index in [9.17, 15) is 4.79 Å². The van der Waals surface area contributed by atoms with Crippen molar-refractivity contribution in [2.75, 3.05) is 6.61 Å². The number of aliphatic hydroxyl groups excluding tert-OH is 1. The molecule has 1 aliphatic rings. The first kappa shape index (κ1) is 12.1. The highest BCUT2D eigenvalue weighted by molar-refractivity contribution is 5.17. The van der Waals surface area contributed by atoms with Crippen molar-refractivity contribution in [3.8, 4) is 5.75 Å². The maximum absolute atomic E-state index is 11.5. The van der Waals surface area contributed by atoms with Crippen molar-refractivity contribution in [3.63, 3.8) is 0 Å². The quantitative estimate of drug-likeness (QED) is 0.852. The Morgan fingerprint density at radius 3 is 2.94 bits per heavy atom. The highest BCUT2D eigenvalue weighted by Gasteiger charge is 2.22. The van der Waals surface area contributed by atoms with Crippen LogP contribution in [-0.4, -0.2) is 23.9 Å². The molecule has 5 heteroatoms. The molecule has 2 unspecified atom stereocenters. The monoisotopic (exact) mass is 240 g/mol. The van der Waals surface area contributed by atoms with Gasteiger partial charge in [-0.15, -0.1) is 0 Å². The fraction of sp³-hybridized carbons (Fsp3) is 0.583. The molecule has 5 nitrogen and oxygen atoms in total. The van der Waals surface area contributed by atoms with Crippen LogP contribution in [0.5, 0.6) is 5.75 Å². The van der Waals surface area contributed by atoms with Gasteiger partial charge in [0.2, 0.25) is 11.2 Å². The molecule has 1 aliphatic heterocycles. The molecule has 0 aromatic carbocycles. The van der Waals surface area contributed by atoms with E-state index in [1.165, 1.54) is 12.3 Å². The minimum absolute atomic E-state index is 0.0434. The van der Waals surface area contributed by atoms with Crippen molar-refractivity contribution in [1.29, 1.82) is 0 Å². The van der Waals surface area contributed by atoms with Crippen molar-refractivity contribution in [3.05, 3.63) is 28.3 Å². The van der Waals surface area contributed by atoms with Gasteiger partial charge < -0.3 is 19.0 Å². The van der Waals surface area contributed by atoms with Gasteiger partial charge in [0, 0.05) is 6.07 Å². The normalized spacial score (nSPS) is 23.9. The van der Waals surface area contributed by atoms with Crippen LogP contribution in [0, 0.1) is 0 Å². The fourth-order valence-corrected chi connectivity index (χ4v) is 1.82. The van der Waals surface area contributed by atoms with Gasteiger partial charge in [-0.05, 0) is 19.8 Å². The predicted molar refractivity (Wildman–Crippen MR) is 60.0 cm³/mol. The Bertz CT molecular complexity index is 425. The molecule has 0 bridgehead atoms. The third-order valence-corrected chi connectivity index (χ3v) is 2.75. The largest absolute Gasteiger partial charge is 0.484 e. The Kier molecular flexibility index (Phi) is 3.81. The summed E-state index contributed by atoms with van der Waals surface area (Å²) in [6.45, 7) is 2.08. The maximum Gasteiger partial charge on any atom is 0.227 e. The Morgan fingerprint density at radius 1 is 1.53 bits per heavy atom. The summed E-state index contributed by atoms with van der Waals surface area (Å²) in [6.07, 6.45) is 3.50. The van der Waals surface area contributed by atoms with Gasteiger partial charge in [-0.3, -0.25) is 4.79 Å². The number of hydrogen-bond donors (Lipinski definition) is 1.